The third-order valence-corrected chi connectivity index (χ3v) is 3.36. The van der Waals surface area contributed by atoms with E-state index in [4.69, 9.17) is 0 Å². The third-order valence-electron chi connectivity index (χ3n) is 3.36. The van der Waals surface area contributed by atoms with E-state index in [1.165, 1.54) is 0 Å². The van der Waals surface area contributed by atoms with Crippen molar-refractivity contribution in [1.29, 1.82) is 0 Å². The molecule has 0 unspecified atom stereocenters. The molecule has 3 nitrogen and oxygen atoms in total. The summed E-state index contributed by atoms with van der Waals surface area (Å²) < 4.78 is 0.738. The fourth-order valence-corrected chi connectivity index (χ4v) is 2.31. The van der Waals surface area contributed by atoms with Crippen LogP contribution in [0.5, 0.6) is 0 Å². The second kappa shape index (κ2) is 4.05. The summed E-state index contributed by atoms with van der Waals surface area (Å²) in [6, 6.07) is 12.7. The van der Waals surface area contributed by atoms with Gasteiger partial charge in [-0.1, -0.05) is 23.8 Å². The fraction of sp³-hybridized carbons (Fsp3) is 0.125. The predicted octanol–water partition coefficient (Wildman–Crippen LogP) is 3.13. The van der Waals surface area contributed by atoms with Crippen molar-refractivity contribution < 1.29 is 9.53 Å². The molecule has 0 saturated carbocycles. The van der Waals surface area contributed by atoms with Crippen molar-refractivity contribution in [3.8, 4) is 0 Å². The van der Waals surface area contributed by atoms with E-state index < -0.39 is 0 Å². The highest BCUT2D eigenvalue weighted by Gasteiger charge is 2.36. The Labute approximate surface area is 111 Å². The summed E-state index contributed by atoms with van der Waals surface area (Å²) in [4.78, 5) is 12.4. The van der Waals surface area contributed by atoms with Crippen molar-refractivity contribution in [1.82, 2.24) is 0 Å². The molecule has 19 heavy (non-hydrogen) atoms. The minimum Gasteiger partial charge on any atom is -0.618 e. The second-order valence-corrected chi connectivity index (χ2v) is 4.86. The molecule has 2 aromatic rings. The van der Waals surface area contributed by atoms with Crippen molar-refractivity contribution >= 4 is 17.2 Å². The molecule has 0 fully saturated rings. The molecule has 1 aliphatic heterocycles. The monoisotopic (exact) mass is 251 g/mol. The topological polar surface area (TPSA) is 43.1 Å². The zero-order valence-corrected chi connectivity index (χ0v) is 10.8. The van der Waals surface area contributed by atoms with Crippen LogP contribution in [0.3, 0.4) is 0 Å². The molecular weight excluding hydrogens is 238 g/mol. The van der Waals surface area contributed by atoms with Gasteiger partial charge in [-0.15, -0.1) is 0 Å². The van der Waals surface area contributed by atoms with Gasteiger partial charge in [-0.25, -0.2) is 0 Å². The number of aryl methyl sites for hydroxylation is 2. The van der Waals surface area contributed by atoms with Gasteiger partial charge in [-0.3, -0.25) is 4.79 Å². The summed E-state index contributed by atoms with van der Waals surface area (Å²) in [6.07, 6.45) is 0. The van der Waals surface area contributed by atoms with Gasteiger partial charge < -0.3 is 5.21 Å². The number of carbonyl (C=O) groups is 1. The molecule has 1 heterocycles. The number of rotatable bonds is 1. The van der Waals surface area contributed by atoms with Gasteiger partial charge in [-0.05, 0) is 37.6 Å². The molecule has 1 aliphatic rings. The first-order valence-electron chi connectivity index (χ1n) is 6.14. The molecule has 3 heteroatoms. The van der Waals surface area contributed by atoms with Crippen LogP contribution in [-0.4, -0.2) is 16.2 Å². The molecule has 0 bridgehead atoms. The zero-order valence-electron chi connectivity index (χ0n) is 10.8. The SMILES string of the molecule is Cc1ccc(C2=[N+]([O-])c3ccc(C)cc3C2=O)cc1. The van der Waals surface area contributed by atoms with E-state index in [0.29, 0.717) is 16.8 Å². The lowest BCUT2D eigenvalue weighted by molar-refractivity contribution is -0.355. The fourth-order valence-electron chi connectivity index (χ4n) is 2.31. The van der Waals surface area contributed by atoms with Gasteiger partial charge in [-0.2, -0.15) is 4.74 Å². The highest BCUT2D eigenvalue weighted by molar-refractivity contribution is 6.52. The Morgan fingerprint density at radius 2 is 1.58 bits per heavy atom. The maximum absolute atomic E-state index is 12.4. The van der Waals surface area contributed by atoms with Crippen LogP contribution in [0, 0.1) is 19.1 Å². The van der Waals surface area contributed by atoms with Crippen LogP contribution in [0.1, 0.15) is 27.0 Å². The molecule has 0 saturated heterocycles. The standard InChI is InChI=1S/C16H13NO2/c1-10-3-6-12(7-4-10)15-16(18)13-9-11(2)5-8-14(13)17(15)19/h3-9H,1-2H3. The van der Waals surface area contributed by atoms with Gasteiger partial charge in [0.1, 0.15) is 5.56 Å². The number of fused-ring (bicyclic) bond motifs is 1. The number of carbonyl (C=O) groups excluding carboxylic acids is 1. The number of nitrogens with zero attached hydrogens (tertiary/aromatic N) is 1. The molecule has 2 aromatic carbocycles. The summed E-state index contributed by atoms with van der Waals surface area (Å²) in [7, 11) is 0. The Kier molecular flexibility index (Phi) is 2.49. The predicted molar refractivity (Wildman–Crippen MR) is 74.1 cm³/mol. The zero-order chi connectivity index (χ0) is 13.6. The smallest absolute Gasteiger partial charge is 0.272 e. The average Bonchev–Trinajstić information content (AvgIpc) is 2.63. The van der Waals surface area contributed by atoms with E-state index in [0.717, 1.165) is 15.9 Å². The molecule has 0 N–H and O–H groups in total. The lowest BCUT2D eigenvalue weighted by Gasteiger charge is -2.02. The normalized spacial score (nSPS) is 13.9. The number of benzene rings is 2. The molecule has 0 aliphatic carbocycles. The van der Waals surface area contributed by atoms with Crippen molar-refractivity contribution in [3.63, 3.8) is 0 Å². The maximum atomic E-state index is 12.4. The van der Waals surface area contributed by atoms with Crippen molar-refractivity contribution in [2.75, 3.05) is 0 Å². The quantitative estimate of drug-likeness (QED) is 0.577. The Morgan fingerprint density at radius 1 is 0.947 bits per heavy atom. The van der Waals surface area contributed by atoms with E-state index in [-0.39, 0.29) is 11.5 Å². The van der Waals surface area contributed by atoms with Gasteiger partial charge in [0, 0.05) is 6.07 Å². The highest BCUT2D eigenvalue weighted by Crippen LogP contribution is 2.28. The van der Waals surface area contributed by atoms with Gasteiger partial charge in [0.15, 0.2) is 0 Å². The first kappa shape index (κ1) is 11.7. The Morgan fingerprint density at radius 3 is 2.26 bits per heavy atom. The van der Waals surface area contributed by atoms with E-state index in [9.17, 15) is 10.0 Å². The van der Waals surface area contributed by atoms with E-state index in [1.807, 2.05) is 44.2 Å². The largest absolute Gasteiger partial charge is 0.618 e. The van der Waals surface area contributed by atoms with Crippen LogP contribution >= 0.6 is 0 Å². The maximum Gasteiger partial charge on any atom is 0.272 e. The number of ketones is 1. The van der Waals surface area contributed by atoms with Crippen LogP contribution < -0.4 is 0 Å². The van der Waals surface area contributed by atoms with Crippen LogP contribution in [0.4, 0.5) is 5.69 Å². The molecule has 0 aromatic heterocycles. The van der Waals surface area contributed by atoms with Gasteiger partial charge in [0.2, 0.25) is 5.69 Å². The minimum absolute atomic E-state index is 0.197. The molecule has 0 radical (unpaired) electrons. The van der Waals surface area contributed by atoms with Crippen LogP contribution in [0.15, 0.2) is 42.5 Å². The van der Waals surface area contributed by atoms with E-state index >= 15 is 0 Å². The minimum atomic E-state index is -0.197. The molecule has 3 rings (SSSR count). The lowest BCUT2D eigenvalue weighted by Crippen LogP contribution is -2.16. The summed E-state index contributed by atoms with van der Waals surface area (Å²) in [6.45, 7) is 3.88. The van der Waals surface area contributed by atoms with Crippen molar-refractivity contribution in [3.05, 3.63) is 69.9 Å². The van der Waals surface area contributed by atoms with E-state index in [1.54, 1.807) is 12.1 Å². The van der Waals surface area contributed by atoms with Crippen LogP contribution in [0.2, 0.25) is 0 Å². The summed E-state index contributed by atoms with van der Waals surface area (Å²) in [5, 5.41) is 12.3. The van der Waals surface area contributed by atoms with Crippen molar-refractivity contribution in [2.24, 2.45) is 0 Å². The van der Waals surface area contributed by atoms with Gasteiger partial charge >= 0.3 is 0 Å². The van der Waals surface area contributed by atoms with Crippen LogP contribution in [0.25, 0.3) is 0 Å². The first-order chi connectivity index (χ1) is 9.08. The summed E-state index contributed by atoms with van der Waals surface area (Å²) in [5.74, 6) is -0.197. The Balaban J connectivity index is 2.17. The molecular formula is C16H13NO2. The number of Topliss-reactive ketones (excluding diaryl/α,β-unsaturated/α-hetero) is 1. The summed E-state index contributed by atoms with van der Waals surface area (Å²) in [5.41, 5.74) is 3.88. The lowest BCUT2D eigenvalue weighted by atomic mass is 10.0. The van der Waals surface area contributed by atoms with Crippen molar-refractivity contribution in [2.45, 2.75) is 13.8 Å². The average molecular weight is 251 g/mol. The molecule has 94 valence electrons. The molecule has 0 atom stereocenters. The summed E-state index contributed by atoms with van der Waals surface area (Å²) >= 11 is 0. The van der Waals surface area contributed by atoms with E-state index in [2.05, 4.69) is 0 Å². The molecule has 0 spiro atoms. The number of hydrogen-bond acceptors (Lipinski definition) is 2. The third kappa shape index (κ3) is 1.74. The first-order valence-corrected chi connectivity index (χ1v) is 6.14. The van der Waals surface area contributed by atoms with Crippen LogP contribution in [-0.2, 0) is 0 Å². The second-order valence-electron chi connectivity index (χ2n) is 4.86. The van der Waals surface area contributed by atoms with Gasteiger partial charge in [0.25, 0.3) is 11.5 Å². The Bertz CT molecular complexity index is 712. The molecule has 0 amide bonds. The number of hydrogen-bond donors (Lipinski definition) is 0. The van der Waals surface area contributed by atoms with Gasteiger partial charge in [0.05, 0.1) is 5.56 Å². The highest BCUT2D eigenvalue weighted by atomic mass is 16.5. The Hall–Kier alpha value is -2.42.